The number of rotatable bonds is 1. The predicted octanol–water partition coefficient (Wildman–Crippen LogP) is 3.51. The molecule has 0 amide bonds. The first kappa shape index (κ1) is 15.5. The predicted molar refractivity (Wildman–Crippen MR) is 73.6 cm³/mol. The van der Waals surface area contributed by atoms with Gasteiger partial charge < -0.3 is 10.2 Å². The molecule has 2 N–H and O–H groups in total. The molecule has 2 nitrogen and oxygen atoms in total. The van der Waals surface area contributed by atoms with Crippen LogP contribution in [-0.4, -0.2) is 22.7 Å². The second kappa shape index (κ2) is 6.28. The molecule has 3 rings (SSSR count). The Morgan fingerprint density at radius 2 is 1.29 bits per heavy atom. The Labute approximate surface area is 120 Å². The van der Waals surface area contributed by atoms with Gasteiger partial charge in [0, 0.05) is 0 Å². The fourth-order valence-electron chi connectivity index (χ4n) is 2.29. The Kier molecular flexibility index (Phi) is 4.65. The molecule has 2 aromatic carbocycles. The molecule has 2 aromatic rings. The van der Waals surface area contributed by atoms with Crippen LogP contribution in [0.4, 0.5) is 13.2 Å². The first-order chi connectivity index (χ1) is 9.87. The molecule has 21 heavy (non-hydrogen) atoms. The molecule has 0 radical (unpaired) electrons. The number of aliphatic hydroxyl groups excluding tert-OH is 1. The van der Waals surface area contributed by atoms with E-state index in [0.29, 0.717) is 0 Å². The van der Waals surface area contributed by atoms with Crippen molar-refractivity contribution in [3.8, 4) is 11.1 Å². The van der Waals surface area contributed by atoms with Gasteiger partial charge in [-0.05, 0) is 28.7 Å². The molecule has 112 valence electrons. The van der Waals surface area contributed by atoms with Gasteiger partial charge in [0.15, 0.2) is 6.29 Å². The van der Waals surface area contributed by atoms with Crippen LogP contribution in [0.15, 0.2) is 48.5 Å². The average molecular weight is 296 g/mol. The van der Waals surface area contributed by atoms with Crippen LogP contribution in [0.1, 0.15) is 17.5 Å². The monoisotopic (exact) mass is 296 g/mol. The van der Waals surface area contributed by atoms with Crippen LogP contribution in [0, 0.1) is 0 Å². The van der Waals surface area contributed by atoms with E-state index >= 15 is 0 Å². The van der Waals surface area contributed by atoms with Crippen LogP contribution < -0.4 is 0 Å². The molecule has 0 spiro atoms. The summed E-state index contributed by atoms with van der Waals surface area (Å²) in [5.41, 5.74) is 5.75. The summed E-state index contributed by atoms with van der Waals surface area (Å²) in [5, 5.41) is 15.4. The van der Waals surface area contributed by atoms with Crippen LogP contribution in [0.3, 0.4) is 0 Å². The topological polar surface area (TPSA) is 40.5 Å². The van der Waals surface area contributed by atoms with Gasteiger partial charge in [0.25, 0.3) is 0 Å². The molecular formula is C16H15F3O2. The van der Waals surface area contributed by atoms with E-state index in [1.54, 1.807) is 0 Å². The van der Waals surface area contributed by atoms with E-state index in [-0.39, 0.29) is 0 Å². The van der Waals surface area contributed by atoms with Crippen LogP contribution in [-0.2, 0) is 6.42 Å². The minimum atomic E-state index is -4.48. The van der Waals surface area contributed by atoms with E-state index in [9.17, 15) is 13.2 Å². The smallest absolute Gasteiger partial charge is 0.368 e. The Morgan fingerprint density at radius 3 is 1.62 bits per heavy atom. The van der Waals surface area contributed by atoms with E-state index < -0.39 is 18.9 Å². The molecule has 0 saturated carbocycles. The number of hydrogen-bond acceptors (Lipinski definition) is 2. The Bertz CT molecular complexity index is 563. The number of benzene rings is 2. The minimum Gasteiger partial charge on any atom is -0.368 e. The largest absolute Gasteiger partial charge is 0.393 e. The van der Waals surface area contributed by atoms with E-state index in [1.807, 2.05) is 0 Å². The van der Waals surface area contributed by atoms with Crippen molar-refractivity contribution in [1.82, 2.24) is 0 Å². The molecule has 0 aliphatic heterocycles. The van der Waals surface area contributed by atoms with Crippen molar-refractivity contribution >= 4 is 0 Å². The number of alkyl halides is 3. The lowest BCUT2D eigenvalue weighted by Gasteiger charge is -2.05. The van der Waals surface area contributed by atoms with E-state index in [4.69, 9.17) is 10.2 Å². The highest BCUT2D eigenvalue weighted by atomic mass is 19.4. The van der Waals surface area contributed by atoms with Gasteiger partial charge in [-0.15, -0.1) is 0 Å². The Morgan fingerprint density at radius 1 is 0.857 bits per heavy atom. The third-order valence-corrected chi connectivity index (χ3v) is 3.12. The zero-order valence-corrected chi connectivity index (χ0v) is 11.1. The molecule has 0 unspecified atom stereocenters. The van der Waals surface area contributed by atoms with Crippen molar-refractivity contribution in [2.75, 3.05) is 0 Å². The third-order valence-electron chi connectivity index (χ3n) is 3.12. The van der Waals surface area contributed by atoms with Gasteiger partial charge in [-0.2, -0.15) is 13.2 Å². The molecule has 1 aliphatic carbocycles. The lowest BCUT2D eigenvalue weighted by Crippen LogP contribution is -2.18. The number of fused-ring (bicyclic) bond motifs is 3. The van der Waals surface area contributed by atoms with Crippen molar-refractivity contribution < 1.29 is 23.4 Å². The molecule has 5 heteroatoms. The molecule has 0 atom stereocenters. The summed E-state index contributed by atoms with van der Waals surface area (Å²) in [6.07, 6.45) is -7.22. The van der Waals surface area contributed by atoms with Gasteiger partial charge >= 0.3 is 6.18 Å². The molecule has 0 aromatic heterocycles. The summed E-state index contributed by atoms with van der Waals surface area (Å²) in [5.74, 6) is 0. The second-order valence-corrected chi connectivity index (χ2v) is 4.79. The molecular weight excluding hydrogens is 281 g/mol. The summed E-state index contributed by atoms with van der Waals surface area (Å²) >= 11 is 0. The Hall–Kier alpha value is -1.85. The SMILES string of the molecule is OC(O)CC(F)(F)F.c1ccc2c(c1)Cc1ccccc1-2. The van der Waals surface area contributed by atoms with E-state index in [2.05, 4.69) is 48.5 Å². The summed E-state index contributed by atoms with van der Waals surface area (Å²) in [4.78, 5) is 0. The van der Waals surface area contributed by atoms with Gasteiger partial charge in [-0.3, -0.25) is 0 Å². The molecule has 0 saturated heterocycles. The molecule has 0 heterocycles. The van der Waals surface area contributed by atoms with Crippen molar-refractivity contribution in [1.29, 1.82) is 0 Å². The molecule has 0 fully saturated rings. The first-order valence-corrected chi connectivity index (χ1v) is 6.46. The van der Waals surface area contributed by atoms with Crippen LogP contribution >= 0.6 is 0 Å². The highest BCUT2D eigenvalue weighted by Crippen LogP contribution is 2.35. The van der Waals surface area contributed by atoms with Gasteiger partial charge in [0.1, 0.15) is 0 Å². The lowest BCUT2D eigenvalue weighted by molar-refractivity contribution is -0.188. The van der Waals surface area contributed by atoms with Gasteiger partial charge in [0.2, 0.25) is 0 Å². The number of hydrogen-bond donors (Lipinski definition) is 2. The third kappa shape index (κ3) is 4.31. The summed E-state index contributed by atoms with van der Waals surface area (Å²) in [7, 11) is 0. The first-order valence-electron chi connectivity index (χ1n) is 6.46. The maximum absolute atomic E-state index is 11.0. The van der Waals surface area contributed by atoms with Gasteiger partial charge in [-0.1, -0.05) is 48.5 Å². The quantitative estimate of drug-likeness (QED) is 0.675. The van der Waals surface area contributed by atoms with Crippen LogP contribution in [0.5, 0.6) is 0 Å². The summed E-state index contributed by atoms with van der Waals surface area (Å²) in [6, 6.07) is 17.3. The maximum atomic E-state index is 11.0. The van der Waals surface area contributed by atoms with Crippen molar-refractivity contribution in [3.05, 3.63) is 59.7 Å². The summed E-state index contributed by atoms with van der Waals surface area (Å²) in [6.45, 7) is 0. The molecule has 1 aliphatic rings. The zero-order chi connectivity index (χ0) is 15.5. The van der Waals surface area contributed by atoms with Crippen LogP contribution in [0.25, 0.3) is 11.1 Å². The van der Waals surface area contributed by atoms with E-state index in [1.165, 1.54) is 22.3 Å². The fourth-order valence-corrected chi connectivity index (χ4v) is 2.29. The standard InChI is InChI=1S/C13H10.C3H5F3O2/c1-3-7-12-10(5-1)9-11-6-2-4-8-13(11)12;4-3(5,6)1-2(7)8/h1-8H,9H2;2,7-8H,1H2. The maximum Gasteiger partial charge on any atom is 0.393 e. The summed E-state index contributed by atoms with van der Waals surface area (Å²) < 4.78 is 33.0. The average Bonchev–Trinajstić information content (AvgIpc) is 2.75. The highest BCUT2D eigenvalue weighted by molar-refractivity contribution is 5.76. The van der Waals surface area contributed by atoms with Crippen LogP contribution in [0.2, 0.25) is 0 Å². The zero-order valence-electron chi connectivity index (χ0n) is 11.1. The van der Waals surface area contributed by atoms with Crippen molar-refractivity contribution in [2.45, 2.75) is 25.3 Å². The number of halogens is 3. The second-order valence-electron chi connectivity index (χ2n) is 4.79. The van der Waals surface area contributed by atoms with E-state index in [0.717, 1.165) is 6.42 Å². The normalized spacial score (nSPS) is 12.5. The Balaban J connectivity index is 0.000000177. The highest BCUT2D eigenvalue weighted by Gasteiger charge is 2.29. The van der Waals surface area contributed by atoms with Crippen molar-refractivity contribution in [3.63, 3.8) is 0 Å². The van der Waals surface area contributed by atoms with Crippen molar-refractivity contribution in [2.24, 2.45) is 0 Å². The minimum absolute atomic E-state index is 1.10. The van der Waals surface area contributed by atoms with Gasteiger partial charge in [0.05, 0.1) is 6.42 Å². The fraction of sp³-hybridized carbons (Fsp3) is 0.250. The number of aliphatic hydroxyl groups is 2. The lowest BCUT2D eigenvalue weighted by atomic mass is 10.1. The molecule has 0 bridgehead atoms. The van der Waals surface area contributed by atoms with Gasteiger partial charge in [-0.25, -0.2) is 0 Å².